The smallest absolute Gasteiger partial charge is 0.480 e. The first kappa shape index (κ1) is 34.3. The molecule has 0 bridgehead atoms. The monoisotopic (exact) mass is 554 g/mol. The van der Waals surface area contributed by atoms with Crippen molar-refractivity contribution in [2.75, 3.05) is 88.5 Å². The number of hydrogen-bond donors (Lipinski definition) is 2. The third-order valence-electron chi connectivity index (χ3n) is 5.64. The molecule has 16 heteroatoms. The van der Waals surface area contributed by atoms with Crippen molar-refractivity contribution in [2.45, 2.75) is 24.9 Å². The molecule has 14 nitrogen and oxygen atoms in total. The van der Waals surface area contributed by atoms with Gasteiger partial charge in [0.15, 0.2) is 0 Å². The van der Waals surface area contributed by atoms with E-state index in [0.717, 1.165) is 0 Å². The summed E-state index contributed by atoms with van der Waals surface area (Å²) in [6.45, 7) is 3.19. The van der Waals surface area contributed by atoms with Gasteiger partial charge in [-0.05, 0) is 12.8 Å². The first-order valence-corrected chi connectivity index (χ1v) is 15.4. The number of nitrogens with zero attached hydrogens (tertiary/aromatic N) is 3. The van der Waals surface area contributed by atoms with E-state index >= 15 is 0 Å². The summed E-state index contributed by atoms with van der Waals surface area (Å²) in [5.41, 5.74) is 0. The molecule has 0 radical (unpaired) electrons. The van der Waals surface area contributed by atoms with Crippen LogP contribution in [0.4, 0.5) is 4.79 Å². The molecule has 1 aliphatic rings. The quantitative estimate of drug-likeness (QED) is 0.117. The Morgan fingerprint density at radius 2 is 1.33 bits per heavy atom. The van der Waals surface area contributed by atoms with Crippen LogP contribution in [0, 0.1) is 0 Å². The van der Waals surface area contributed by atoms with Crippen molar-refractivity contribution in [1.29, 1.82) is 0 Å². The predicted octanol–water partition coefficient (Wildman–Crippen LogP) is 0.257. The molecule has 1 saturated heterocycles. The van der Waals surface area contributed by atoms with Gasteiger partial charge in [-0.2, -0.15) is 0 Å². The number of amides is 2. The number of carboxylic acids is 1. The van der Waals surface area contributed by atoms with Crippen LogP contribution in [0.5, 0.6) is 0 Å². The first-order valence-electron chi connectivity index (χ1n) is 11.5. The van der Waals surface area contributed by atoms with Crippen LogP contribution in [0.15, 0.2) is 4.99 Å². The van der Waals surface area contributed by atoms with Crippen molar-refractivity contribution in [1.82, 2.24) is 15.1 Å². The zero-order valence-corrected chi connectivity index (χ0v) is 24.2. The lowest BCUT2D eigenvalue weighted by Gasteiger charge is -2.33. The number of isocyanates is 1. The molecule has 1 rings (SSSR count). The van der Waals surface area contributed by atoms with Crippen LogP contribution in [0.25, 0.3) is 0 Å². The highest BCUT2D eigenvalue weighted by atomic mass is 28.4. The molecule has 0 aromatic carbocycles. The number of urea groups is 1. The summed E-state index contributed by atoms with van der Waals surface area (Å²) in [6, 6.07) is 1.16. The SMILES string of the molecule is CO[Si](CCCN=C=O)(OC)OC.CO[Si](CCCNC(=O)N1CCN(CC(=O)O)CC1)(OC)OC. The van der Waals surface area contributed by atoms with Crippen molar-refractivity contribution in [3.63, 3.8) is 0 Å². The van der Waals surface area contributed by atoms with Gasteiger partial charge >= 0.3 is 29.6 Å². The molecule has 0 aromatic rings. The van der Waals surface area contributed by atoms with Crippen LogP contribution in [0.2, 0.25) is 12.1 Å². The van der Waals surface area contributed by atoms with Crippen molar-refractivity contribution < 1.29 is 46.0 Å². The van der Waals surface area contributed by atoms with Gasteiger partial charge in [0.2, 0.25) is 6.08 Å². The van der Waals surface area contributed by atoms with Crippen molar-refractivity contribution in [3.8, 4) is 0 Å². The number of carboxylic acid groups (broad SMARTS) is 1. The first-order chi connectivity index (χ1) is 17.2. The minimum Gasteiger partial charge on any atom is -0.480 e. The maximum Gasteiger partial charge on any atom is 0.500 e. The molecule has 1 heterocycles. The lowest BCUT2D eigenvalue weighted by Crippen LogP contribution is -2.52. The normalized spacial score (nSPS) is 14.4. The highest BCUT2D eigenvalue weighted by Crippen LogP contribution is 2.15. The van der Waals surface area contributed by atoms with E-state index in [1.807, 2.05) is 4.90 Å². The number of rotatable bonds is 16. The molecule has 36 heavy (non-hydrogen) atoms. The third kappa shape index (κ3) is 13.0. The van der Waals surface area contributed by atoms with Gasteiger partial charge in [0.25, 0.3) is 0 Å². The maximum absolute atomic E-state index is 12.1. The van der Waals surface area contributed by atoms with E-state index in [-0.39, 0.29) is 12.6 Å². The molecule has 0 aromatic heterocycles. The number of carbonyl (C=O) groups is 2. The standard InChI is InChI=1S/C13H27N3O6Si.C7H15NO4Si/c1-20-23(21-2,22-3)10-4-5-14-13(19)16-8-6-15(7-9-16)11-12(17)18;1-10-13(11-2,12-3)6-4-5-8-7-9/h4-11H2,1-3H3,(H,14,19)(H,17,18);4-6H2,1-3H3. The van der Waals surface area contributed by atoms with Crippen LogP contribution in [-0.4, -0.2) is 139 Å². The highest BCUT2D eigenvalue weighted by Gasteiger charge is 2.37. The topological polar surface area (TPSA) is 158 Å². The molecule has 2 N–H and O–H groups in total. The van der Waals surface area contributed by atoms with E-state index in [1.165, 1.54) is 6.08 Å². The van der Waals surface area contributed by atoms with Crippen molar-refractivity contribution in [2.24, 2.45) is 4.99 Å². The second-order valence-electron chi connectivity index (χ2n) is 7.66. The molecule has 0 saturated carbocycles. The van der Waals surface area contributed by atoms with E-state index in [0.29, 0.717) is 64.2 Å². The Balaban J connectivity index is 0.000000802. The van der Waals surface area contributed by atoms with Gasteiger partial charge in [-0.1, -0.05) is 0 Å². The van der Waals surface area contributed by atoms with E-state index in [2.05, 4.69) is 10.3 Å². The molecular formula is C20H42N4O10Si2. The maximum atomic E-state index is 12.1. The summed E-state index contributed by atoms with van der Waals surface area (Å²) >= 11 is 0. The average molecular weight is 555 g/mol. The Morgan fingerprint density at radius 1 is 0.861 bits per heavy atom. The predicted molar refractivity (Wildman–Crippen MR) is 134 cm³/mol. The molecule has 0 aliphatic carbocycles. The highest BCUT2D eigenvalue weighted by molar-refractivity contribution is 6.60. The Bertz CT molecular complexity index is 652. The van der Waals surface area contributed by atoms with E-state index in [4.69, 9.17) is 31.7 Å². The van der Waals surface area contributed by atoms with Gasteiger partial charge in [-0.3, -0.25) is 9.69 Å². The van der Waals surface area contributed by atoms with Crippen LogP contribution < -0.4 is 5.32 Å². The third-order valence-corrected chi connectivity index (χ3v) is 11.3. The molecule has 0 atom stereocenters. The van der Waals surface area contributed by atoms with Crippen molar-refractivity contribution in [3.05, 3.63) is 0 Å². The fourth-order valence-electron chi connectivity index (χ4n) is 3.45. The molecular weight excluding hydrogens is 512 g/mol. The Kier molecular flexibility index (Phi) is 18.5. The fraction of sp³-hybridized carbons (Fsp3) is 0.850. The number of aliphatic imine (C=N–C) groups is 1. The van der Waals surface area contributed by atoms with Gasteiger partial charge in [-0.15, -0.1) is 0 Å². The fourth-order valence-corrected chi connectivity index (χ4v) is 6.87. The Labute approximate surface area is 215 Å². The summed E-state index contributed by atoms with van der Waals surface area (Å²) in [4.78, 5) is 39.4. The van der Waals surface area contributed by atoms with Crippen LogP contribution in [0.3, 0.4) is 0 Å². The van der Waals surface area contributed by atoms with E-state index in [1.54, 1.807) is 47.6 Å². The number of nitrogens with one attached hydrogen (secondary N) is 1. The van der Waals surface area contributed by atoms with E-state index in [9.17, 15) is 14.4 Å². The van der Waals surface area contributed by atoms with Gasteiger partial charge in [0.1, 0.15) is 0 Å². The minimum absolute atomic E-state index is 0.0211. The molecule has 2 amide bonds. The lowest BCUT2D eigenvalue weighted by molar-refractivity contribution is -0.138. The molecule has 0 unspecified atom stereocenters. The van der Waals surface area contributed by atoms with Gasteiger partial charge in [0, 0.05) is 87.5 Å². The minimum atomic E-state index is -2.58. The van der Waals surface area contributed by atoms with Crippen molar-refractivity contribution >= 4 is 35.7 Å². The second kappa shape index (κ2) is 19.4. The second-order valence-corrected chi connectivity index (χ2v) is 13.8. The van der Waals surface area contributed by atoms with Crippen LogP contribution >= 0.6 is 0 Å². The summed E-state index contributed by atoms with van der Waals surface area (Å²) in [5.74, 6) is -0.843. The Hall–Kier alpha value is -1.73. The summed E-state index contributed by atoms with van der Waals surface area (Å²) in [5, 5.41) is 11.6. The molecule has 0 spiro atoms. The largest absolute Gasteiger partial charge is 0.500 e. The average Bonchev–Trinajstić information content (AvgIpc) is 2.90. The number of carbonyl (C=O) groups excluding carboxylic acids is 2. The molecule has 210 valence electrons. The molecule has 1 aliphatic heterocycles. The number of hydrogen-bond acceptors (Lipinski definition) is 11. The summed E-state index contributed by atoms with van der Waals surface area (Å²) < 4.78 is 31.5. The van der Waals surface area contributed by atoms with Crippen LogP contribution in [0.1, 0.15) is 12.8 Å². The zero-order valence-electron chi connectivity index (χ0n) is 22.2. The number of aliphatic carboxylic acids is 1. The summed E-state index contributed by atoms with van der Waals surface area (Å²) in [6.07, 6.45) is 2.88. The van der Waals surface area contributed by atoms with Gasteiger partial charge in [-0.25, -0.2) is 14.6 Å². The van der Waals surface area contributed by atoms with Gasteiger partial charge < -0.3 is 41.9 Å². The number of piperazine rings is 1. The molecule has 1 fully saturated rings. The summed E-state index contributed by atoms with van der Waals surface area (Å²) in [7, 11) is 4.33. The van der Waals surface area contributed by atoms with Crippen LogP contribution in [-0.2, 0) is 36.1 Å². The Morgan fingerprint density at radius 3 is 1.75 bits per heavy atom. The van der Waals surface area contributed by atoms with E-state index < -0.39 is 23.6 Å². The lowest BCUT2D eigenvalue weighted by atomic mass is 10.3. The zero-order chi connectivity index (χ0) is 27.5. The van der Waals surface area contributed by atoms with Gasteiger partial charge in [0.05, 0.1) is 13.1 Å².